The van der Waals surface area contributed by atoms with Crippen LogP contribution in [0.4, 0.5) is 17.8 Å². The third-order valence-electron chi connectivity index (χ3n) is 2.90. The van der Waals surface area contributed by atoms with Crippen molar-refractivity contribution in [2.75, 3.05) is 41.7 Å². The van der Waals surface area contributed by atoms with Crippen molar-refractivity contribution in [3.05, 3.63) is 0 Å². The number of aliphatic hydroxyl groups is 1. The van der Waals surface area contributed by atoms with E-state index in [4.69, 9.17) is 0 Å². The summed E-state index contributed by atoms with van der Waals surface area (Å²) in [6.07, 6.45) is 1.92. The predicted octanol–water partition coefficient (Wildman–Crippen LogP) is 0.696. The van der Waals surface area contributed by atoms with Crippen LogP contribution < -0.4 is 15.5 Å². The van der Waals surface area contributed by atoms with Crippen molar-refractivity contribution in [1.82, 2.24) is 15.0 Å². The second kappa shape index (κ2) is 6.51. The highest BCUT2D eigenvalue weighted by Gasteiger charge is 2.17. The van der Waals surface area contributed by atoms with Crippen molar-refractivity contribution in [3.63, 3.8) is 0 Å². The molecule has 0 spiro atoms. The highest BCUT2D eigenvalue weighted by Crippen LogP contribution is 2.18. The number of hydrogen-bond donors (Lipinski definition) is 3. The number of nitrogens with one attached hydrogen (secondary N) is 2. The van der Waals surface area contributed by atoms with E-state index >= 15 is 0 Å². The summed E-state index contributed by atoms with van der Waals surface area (Å²) in [7, 11) is 0. The Bertz CT molecular complexity index is 405. The standard InChI is InChI=1S/C12H22N6O/c1-3-13-10-15-11(14-8-9(2)19)17-12(16-10)18-6-4-5-7-18/h9,19H,3-8H2,1-2H3,(H2,13,14,15,16,17). The van der Waals surface area contributed by atoms with Gasteiger partial charge in [0.1, 0.15) is 0 Å². The summed E-state index contributed by atoms with van der Waals surface area (Å²) in [6.45, 7) is 6.90. The smallest absolute Gasteiger partial charge is 0.231 e. The molecule has 0 bridgehead atoms. The first-order valence-corrected chi connectivity index (χ1v) is 6.86. The zero-order valence-electron chi connectivity index (χ0n) is 11.6. The Kier molecular flexibility index (Phi) is 4.73. The minimum atomic E-state index is -0.436. The van der Waals surface area contributed by atoms with Gasteiger partial charge in [0.15, 0.2) is 0 Å². The highest BCUT2D eigenvalue weighted by molar-refractivity contribution is 5.44. The maximum atomic E-state index is 9.31. The Morgan fingerprint density at radius 3 is 2.37 bits per heavy atom. The first-order chi connectivity index (χ1) is 9.19. The molecule has 19 heavy (non-hydrogen) atoms. The molecular weight excluding hydrogens is 244 g/mol. The number of rotatable bonds is 6. The number of aliphatic hydroxyl groups excluding tert-OH is 1. The minimum Gasteiger partial charge on any atom is -0.392 e. The van der Waals surface area contributed by atoms with Crippen LogP contribution in [0.3, 0.4) is 0 Å². The maximum absolute atomic E-state index is 9.31. The molecule has 0 radical (unpaired) electrons. The van der Waals surface area contributed by atoms with Gasteiger partial charge in [-0.05, 0) is 26.7 Å². The molecule has 1 atom stereocenters. The van der Waals surface area contributed by atoms with E-state index in [0.717, 1.165) is 19.6 Å². The quantitative estimate of drug-likeness (QED) is 0.698. The van der Waals surface area contributed by atoms with Crippen LogP contribution in [0.1, 0.15) is 26.7 Å². The van der Waals surface area contributed by atoms with Crippen LogP contribution in [0.15, 0.2) is 0 Å². The Labute approximate surface area is 113 Å². The number of hydrogen-bond acceptors (Lipinski definition) is 7. The average Bonchev–Trinajstić information content (AvgIpc) is 2.90. The molecule has 2 heterocycles. The summed E-state index contributed by atoms with van der Waals surface area (Å²) in [5.41, 5.74) is 0. The van der Waals surface area contributed by atoms with Crippen LogP contribution in [0.5, 0.6) is 0 Å². The summed E-state index contributed by atoms with van der Waals surface area (Å²) in [5.74, 6) is 1.79. The number of anilines is 3. The van der Waals surface area contributed by atoms with Crippen LogP contribution in [-0.2, 0) is 0 Å². The van der Waals surface area contributed by atoms with E-state index in [0.29, 0.717) is 24.4 Å². The van der Waals surface area contributed by atoms with E-state index in [1.165, 1.54) is 12.8 Å². The predicted molar refractivity (Wildman–Crippen MR) is 75.6 cm³/mol. The fraction of sp³-hybridized carbons (Fsp3) is 0.750. The van der Waals surface area contributed by atoms with Gasteiger partial charge in [-0.25, -0.2) is 0 Å². The molecule has 1 unspecified atom stereocenters. The van der Waals surface area contributed by atoms with Gasteiger partial charge in [-0.15, -0.1) is 0 Å². The Balaban J connectivity index is 2.16. The molecule has 1 aliphatic heterocycles. The lowest BCUT2D eigenvalue weighted by molar-refractivity contribution is 0.208. The minimum absolute atomic E-state index is 0.426. The van der Waals surface area contributed by atoms with Crippen molar-refractivity contribution in [1.29, 1.82) is 0 Å². The molecule has 1 saturated heterocycles. The van der Waals surface area contributed by atoms with Crippen LogP contribution in [0, 0.1) is 0 Å². The van der Waals surface area contributed by atoms with E-state index in [2.05, 4.69) is 30.5 Å². The van der Waals surface area contributed by atoms with Gasteiger partial charge >= 0.3 is 0 Å². The molecule has 1 aliphatic rings. The van der Waals surface area contributed by atoms with Gasteiger partial charge in [-0.3, -0.25) is 0 Å². The Hall–Kier alpha value is -1.63. The van der Waals surface area contributed by atoms with Crippen LogP contribution >= 0.6 is 0 Å². The van der Waals surface area contributed by atoms with Crippen molar-refractivity contribution in [3.8, 4) is 0 Å². The lowest BCUT2D eigenvalue weighted by atomic mass is 10.4. The number of nitrogens with zero attached hydrogens (tertiary/aromatic N) is 4. The fourth-order valence-electron chi connectivity index (χ4n) is 1.98. The van der Waals surface area contributed by atoms with Crippen molar-refractivity contribution >= 4 is 17.8 Å². The van der Waals surface area contributed by atoms with E-state index < -0.39 is 6.10 Å². The zero-order valence-corrected chi connectivity index (χ0v) is 11.6. The van der Waals surface area contributed by atoms with Gasteiger partial charge in [0.05, 0.1) is 6.10 Å². The Morgan fingerprint density at radius 1 is 1.16 bits per heavy atom. The molecule has 3 N–H and O–H groups in total. The molecule has 7 heteroatoms. The summed E-state index contributed by atoms with van der Waals surface area (Å²) in [4.78, 5) is 15.3. The lowest BCUT2D eigenvalue weighted by Crippen LogP contribution is -2.23. The van der Waals surface area contributed by atoms with E-state index in [-0.39, 0.29) is 0 Å². The Morgan fingerprint density at radius 2 is 1.79 bits per heavy atom. The van der Waals surface area contributed by atoms with Crippen molar-refractivity contribution < 1.29 is 5.11 Å². The SMILES string of the molecule is CCNc1nc(NCC(C)O)nc(N2CCCC2)n1. The summed E-state index contributed by atoms with van der Waals surface area (Å²) in [5, 5.41) is 15.4. The number of aromatic nitrogens is 3. The summed E-state index contributed by atoms with van der Waals surface area (Å²) >= 11 is 0. The molecular formula is C12H22N6O. The third-order valence-corrected chi connectivity index (χ3v) is 2.90. The monoisotopic (exact) mass is 266 g/mol. The molecule has 0 aromatic carbocycles. The van der Waals surface area contributed by atoms with Gasteiger partial charge in [0.25, 0.3) is 0 Å². The molecule has 0 amide bonds. The first kappa shape index (κ1) is 13.8. The van der Waals surface area contributed by atoms with Crippen LogP contribution in [0.25, 0.3) is 0 Å². The van der Waals surface area contributed by atoms with Crippen LogP contribution in [-0.4, -0.2) is 52.3 Å². The molecule has 2 rings (SSSR count). The molecule has 0 aliphatic carbocycles. The lowest BCUT2D eigenvalue weighted by Gasteiger charge is -2.17. The van der Waals surface area contributed by atoms with E-state index in [1.807, 2.05) is 6.92 Å². The topological polar surface area (TPSA) is 86.2 Å². The molecule has 1 fully saturated rings. The molecule has 1 aromatic heterocycles. The first-order valence-electron chi connectivity index (χ1n) is 6.86. The zero-order chi connectivity index (χ0) is 13.7. The largest absolute Gasteiger partial charge is 0.392 e. The van der Waals surface area contributed by atoms with Gasteiger partial charge in [-0.1, -0.05) is 0 Å². The highest BCUT2D eigenvalue weighted by atomic mass is 16.3. The second-order valence-electron chi connectivity index (χ2n) is 4.74. The molecule has 7 nitrogen and oxygen atoms in total. The maximum Gasteiger partial charge on any atom is 0.231 e. The van der Waals surface area contributed by atoms with Crippen LogP contribution in [0.2, 0.25) is 0 Å². The van der Waals surface area contributed by atoms with E-state index in [9.17, 15) is 5.11 Å². The van der Waals surface area contributed by atoms with E-state index in [1.54, 1.807) is 6.92 Å². The van der Waals surface area contributed by atoms with Gasteiger partial charge in [-0.2, -0.15) is 15.0 Å². The van der Waals surface area contributed by atoms with Crippen molar-refractivity contribution in [2.45, 2.75) is 32.8 Å². The van der Waals surface area contributed by atoms with Gasteiger partial charge < -0.3 is 20.6 Å². The second-order valence-corrected chi connectivity index (χ2v) is 4.74. The molecule has 1 aromatic rings. The fourth-order valence-corrected chi connectivity index (χ4v) is 1.98. The summed E-state index contributed by atoms with van der Waals surface area (Å²) < 4.78 is 0. The summed E-state index contributed by atoms with van der Waals surface area (Å²) in [6, 6.07) is 0. The third kappa shape index (κ3) is 3.92. The molecule has 0 saturated carbocycles. The average molecular weight is 266 g/mol. The van der Waals surface area contributed by atoms with Gasteiger partial charge in [0.2, 0.25) is 17.8 Å². The molecule has 106 valence electrons. The van der Waals surface area contributed by atoms with Crippen molar-refractivity contribution in [2.24, 2.45) is 0 Å². The van der Waals surface area contributed by atoms with Gasteiger partial charge in [0, 0.05) is 26.2 Å². The normalized spacial score (nSPS) is 16.5.